The van der Waals surface area contributed by atoms with Gasteiger partial charge >= 0.3 is 0 Å². The smallest absolute Gasteiger partial charge is 0.132 e. The van der Waals surface area contributed by atoms with Crippen LogP contribution in [0.2, 0.25) is 0 Å². The van der Waals surface area contributed by atoms with Crippen molar-refractivity contribution >= 4 is 5.82 Å². The molecule has 19 heavy (non-hydrogen) atoms. The van der Waals surface area contributed by atoms with Crippen molar-refractivity contribution in [3.63, 3.8) is 0 Å². The van der Waals surface area contributed by atoms with E-state index in [-0.39, 0.29) is 0 Å². The number of hydrogen-bond donors (Lipinski definition) is 1. The summed E-state index contributed by atoms with van der Waals surface area (Å²) in [4.78, 5) is 4.64. The number of nitrogens with zero attached hydrogens (tertiary/aromatic N) is 2. The number of hydrogen-bond acceptors (Lipinski definition) is 3. The molecule has 0 atom stereocenters. The van der Waals surface area contributed by atoms with Gasteiger partial charge in [0.1, 0.15) is 23.1 Å². The van der Waals surface area contributed by atoms with Crippen molar-refractivity contribution in [2.24, 2.45) is 0 Å². The summed E-state index contributed by atoms with van der Waals surface area (Å²) >= 11 is 0. The van der Waals surface area contributed by atoms with Crippen molar-refractivity contribution in [2.45, 2.75) is 19.9 Å². The van der Waals surface area contributed by atoms with Gasteiger partial charge in [-0.2, -0.15) is 0 Å². The lowest BCUT2D eigenvalue weighted by Crippen LogP contribution is -2.05. The molecule has 0 fully saturated rings. The molecule has 1 aromatic carbocycles. The number of imidazole rings is 1. The first-order chi connectivity index (χ1) is 9.22. The first-order valence-electron chi connectivity index (χ1n) is 6.32. The summed E-state index contributed by atoms with van der Waals surface area (Å²) in [6.45, 7) is 6.49. The molecule has 2 N–H and O–H groups in total. The molecular formula is C15H19N3O. The minimum Gasteiger partial charge on any atom is -0.496 e. The maximum Gasteiger partial charge on any atom is 0.132 e. The Hall–Kier alpha value is -2.23. The predicted octanol–water partition coefficient (Wildman–Crippen LogP) is 2.89. The standard InChI is InChI=1S/C15H19N3O/c1-4-10-18-13(5-2)17-14(15(18)16)11-8-6-7-9-12(11)19-3/h4,6-9H,1,5,10,16H2,2-3H3. The van der Waals surface area contributed by atoms with E-state index in [1.165, 1.54) is 0 Å². The monoisotopic (exact) mass is 257 g/mol. The SMILES string of the molecule is C=CCn1c(CC)nc(-c2ccccc2OC)c1N. The number of para-hydroxylation sites is 1. The normalized spacial score (nSPS) is 10.4. The van der Waals surface area contributed by atoms with Crippen molar-refractivity contribution in [3.05, 3.63) is 42.7 Å². The Morgan fingerprint density at radius 2 is 2.16 bits per heavy atom. The van der Waals surface area contributed by atoms with E-state index in [0.29, 0.717) is 12.4 Å². The van der Waals surface area contributed by atoms with E-state index in [0.717, 1.165) is 29.3 Å². The van der Waals surface area contributed by atoms with Gasteiger partial charge in [-0.15, -0.1) is 6.58 Å². The van der Waals surface area contributed by atoms with Crippen LogP contribution in [0.5, 0.6) is 5.75 Å². The molecule has 0 aliphatic heterocycles. The van der Waals surface area contributed by atoms with E-state index in [1.807, 2.05) is 34.9 Å². The van der Waals surface area contributed by atoms with Gasteiger partial charge in [0, 0.05) is 18.5 Å². The topological polar surface area (TPSA) is 53.1 Å². The minimum absolute atomic E-state index is 0.654. The van der Waals surface area contributed by atoms with Crippen LogP contribution in [-0.2, 0) is 13.0 Å². The maximum atomic E-state index is 6.22. The Morgan fingerprint density at radius 3 is 2.79 bits per heavy atom. The highest BCUT2D eigenvalue weighted by Crippen LogP contribution is 2.33. The van der Waals surface area contributed by atoms with Gasteiger partial charge in [0.25, 0.3) is 0 Å². The van der Waals surface area contributed by atoms with Crippen LogP contribution < -0.4 is 10.5 Å². The van der Waals surface area contributed by atoms with Crippen LogP contribution in [0.3, 0.4) is 0 Å². The molecule has 0 aliphatic rings. The average Bonchev–Trinajstić information content (AvgIpc) is 2.76. The highest BCUT2D eigenvalue weighted by Gasteiger charge is 2.17. The second-order valence-electron chi connectivity index (χ2n) is 4.21. The zero-order valence-corrected chi connectivity index (χ0v) is 11.4. The fourth-order valence-corrected chi connectivity index (χ4v) is 2.15. The quantitative estimate of drug-likeness (QED) is 0.838. The lowest BCUT2D eigenvalue weighted by molar-refractivity contribution is 0.416. The van der Waals surface area contributed by atoms with Gasteiger partial charge in [0.05, 0.1) is 7.11 Å². The first-order valence-corrected chi connectivity index (χ1v) is 6.32. The molecule has 2 aromatic rings. The van der Waals surface area contributed by atoms with Crippen LogP contribution in [0.1, 0.15) is 12.7 Å². The summed E-state index contributed by atoms with van der Waals surface area (Å²) in [6.07, 6.45) is 2.65. The first kappa shape index (κ1) is 13.2. The van der Waals surface area contributed by atoms with Gasteiger partial charge in [0.2, 0.25) is 0 Å². The molecule has 0 radical (unpaired) electrons. The number of rotatable bonds is 5. The fraction of sp³-hybridized carbons (Fsp3) is 0.267. The lowest BCUT2D eigenvalue weighted by Gasteiger charge is -2.07. The highest BCUT2D eigenvalue weighted by molar-refractivity contribution is 5.76. The summed E-state index contributed by atoms with van der Waals surface area (Å²) in [5.41, 5.74) is 7.91. The number of aromatic nitrogens is 2. The zero-order valence-electron chi connectivity index (χ0n) is 11.4. The maximum absolute atomic E-state index is 6.22. The molecule has 0 aliphatic carbocycles. The molecule has 4 nitrogen and oxygen atoms in total. The molecule has 1 heterocycles. The van der Waals surface area contributed by atoms with E-state index in [9.17, 15) is 0 Å². The zero-order chi connectivity index (χ0) is 13.8. The molecule has 1 aromatic heterocycles. The molecule has 4 heteroatoms. The van der Waals surface area contributed by atoms with Gasteiger partial charge in [-0.3, -0.25) is 0 Å². The number of aryl methyl sites for hydroxylation is 1. The van der Waals surface area contributed by atoms with Crippen LogP contribution >= 0.6 is 0 Å². The summed E-state index contributed by atoms with van der Waals surface area (Å²) in [5.74, 6) is 2.39. The number of allylic oxidation sites excluding steroid dienone is 1. The average molecular weight is 257 g/mol. The van der Waals surface area contributed by atoms with Crippen molar-refractivity contribution in [3.8, 4) is 17.0 Å². The predicted molar refractivity (Wildman–Crippen MR) is 78.2 cm³/mol. The van der Waals surface area contributed by atoms with Crippen molar-refractivity contribution in [1.29, 1.82) is 0 Å². The Balaban J connectivity index is 2.59. The lowest BCUT2D eigenvalue weighted by atomic mass is 10.1. The number of nitrogens with two attached hydrogens (primary N) is 1. The van der Waals surface area contributed by atoms with Gasteiger partial charge < -0.3 is 15.0 Å². The summed E-state index contributed by atoms with van der Waals surface area (Å²) in [5, 5.41) is 0. The van der Waals surface area contributed by atoms with Crippen LogP contribution in [0.4, 0.5) is 5.82 Å². The number of anilines is 1. The minimum atomic E-state index is 0.654. The molecule has 0 amide bonds. The van der Waals surface area contributed by atoms with Crippen molar-refractivity contribution < 1.29 is 4.74 Å². The second kappa shape index (κ2) is 5.61. The Labute approximate surface area is 113 Å². The number of benzene rings is 1. The Morgan fingerprint density at radius 1 is 1.42 bits per heavy atom. The van der Waals surface area contributed by atoms with E-state index >= 15 is 0 Å². The van der Waals surface area contributed by atoms with Gasteiger partial charge in [-0.1, -0.05) is 25.1 Å². The number of ether oxygens (including phenoxy) is 1. The summed E-state index contributed by atoms with van der Waals surface area (Å²) in [6, 6.07) is 7.76. The molecule has 0 saturated heterocycles. The molecule has 2 rings (SSSR count). The molecule has 0 spiro atoms. The third-order valence-electron chi connectivity index (χ3n) is 3.08. The van der Waals surface area contributed by atoms with Gasteiger partial charge in [-0.25, -0.2) is 4.98 Å². The van der Waals surface area contributed by atoms with Crippen LogP contribution in [0.15, 0.2) is 36.9 Å². The van der Waals surface area contributed by atoms with E-state index in [1.54, 1.807) is 7.11 Å². The summed E-state index contributed by atoms with van der Waals surface area (Å²) in [7, 11) is 1.65. The third kappa shape index (κ3) is 2.34. The van der Waals surface area contributed by atoms with E-state index < -0.39 is 0 Å². The molecule has 0 unspecified atom stereocenters. The van der Waals surface area contributed by atoms with Crippen LogP contribution in [0, 0.1) is 0 Å². The van der Waals surface area contributed by atoms with Gasteiger partial charge in [0.15, 0.2) is 0 Å². The largest absolute Gasteiger partial charge is 0.496 e. The molecule has 0 bridgehead atoms. The number of methoxy groups -OCH3 is 1. The molecular weight excluding hydrogens is 238 g/mol. The second-order valence-corrected chi connectivity index (χ2v) is 4.21. The fourth-order valence-electron chi connectivity index (χ4n) is 2.15. The van der Waals surface area contributed by atoms with Crippen LogP contribution in [0.25, 0.3) is 11.3 Å². The number of nitrogen functional groups attached to an aromatic ring is 1. The summed E-state index contributed by atoms with van der Waals surface area (Å²) < 4.78 is 7.35. The van der Waals surface area contributed by atoms with Crippen LogP contribution in [-0.4, -0.2) is 16.7 Å². The van der Waals surface area contributed by atoms with Crippen molar-refractivity contribution in [2.75, 3.05) is 12.8 Å². The Kier molecular flexibility index (Phi) is 3.90. The van der Waals surface area contributed by atoms with Crippen molar-refractivity contribution in [1.82, 2.24) is 9.55 Å². The van der Waals surface area contributed by atoms with Gasteiger partial charge in [-0.05, 0) is 12.1 Å². The Bertz CT molecular complexity index is 587. The molecule has 0 saturated carbocycles. The van der Waals surface area contributed by atoms with E-state index in [2.05, 4.69) is 18.5 Å². The molecule has 100 valence electrons. The third-order valence-corrected chi connectivity index (χ3v) is 3.08. The highest BCUT2D eigenvalue weighted by atomic mass is 16.5. The van der Waals surface area contributed by atoms with E-state index in [4.69, 9.17) is 10.5 Å².